The number of ether oxygens (including phenoxy) is 1. The average Bonchev–Trinajstić information content (AvgIpc) is 2.83. The number of allylic oxidation sites excluding steroid dienone is 2. The third-order valence-corrected chi connectivity index (χ3v) is 4.17. The van der Waals surface area contributed by atoms with E-state index in [9.17, 15) is 24.0 Å². The molecule has 142 valence electrons. The molecule has 1 N–H and O–H groups in total. The summed E-state index contributed by atoms with van der Waals surface area (Å²) in [5, 5.41) is 9.93. The molecule has 2 amide bonds. The van der Waals surface area contributed by atoms with Crippen LogP contribution >= 0.6 is 0 Å². The highest BCUT2D eigenvalue weighted by molar-refractivity contribution is 6.00. The molecule has 1 aromatic carbocycles. The lowest BCUT2D eigenvalue weighted by atomic mass is 10.2. The molecule has 2 aliphatic heterocycles. The van der Waals surface area contributed by atoms with Crippen molar-refractivity contribution in [2.45, 2.75) is 13.0 Å². The van der Waals surface area contributed by atoms with Gasteiger partial charge in [-0.05, 0) is 24.3 Å². The molecule has 0 spiro atoms. The van der Waals surface area contributed by atoms with E-state index < -0.39 is 23.9 Å². The van der Waals surface area contributed by atoms with Crippen LogP contribution in [0, 0.1) is 5.82 Å². The molecule has 1 fully saturated rings. The Kier molecular flexibility index (Phi) is 5.22. The van der Waals surface area contributed by atoms with Crippen molar-refractivity contribution in [2.24, 2.45) is 0 Å². The smallest absolute Gasteiger partial charge is 0.414 e. The number of ketones is 1. The zero-order chi connectivity index (χ0) is 19.6. The topological polar surface area (TPSA) is 90.4 Å². The molecule has 1 atom stereocenters. The molecule has 0 aromatic heterocycles. The number of halogens is 1. The van der Waals surface area contributed by atoms with Gasteiger partial charge in [0.2, 0.25) is 5.91 Å². The van der Waals surface area contributed by atoms with E-state index in [2.05, 4.69) is 0 Å². The van der Waals surface area contributed by atoms with Gasteiger partial charge in [-0.2, -0.15) is 0 Å². The number of amides is 2. The molecule has 1 saturated heterocycles. The molecule has 0 unspecified atom stereocenters. The zero-order valence-electron chi connectivity index (χ0n) is 14.5. The van der Waals surface area contributed by atoms with Crippen LogP contribution in [0.2, 0.25) is 0 Å². The van der Waals surface area contributed by atoms with E-state index in [0.29, 0.717) is 17.3 Å². The molecule has 2 heterocycles. The van der Waals surface area contributed by atoms with Crippen LogP contribution in [-0.4, -0.2) is 53.8 Å². The monoisotopic (exact) mass is 375 g/mol. The van der Waals surface area contributed by atoms with Crippen molar-refractivity contribution >= 4 is 29.2 Å². The van der Waals surface area contributed by atoms with Crippen LogP contribution in [0.3, 0.4) is 0 Å². The highest BCUT2D eigenvalue weighted by Crippen LogP contribution is 2.28. The molecule has 0 saturated carbocycles. The van der Waals surface area contributed by atoms with Crippen LogP contribution in [0.15, 0.2) is 42.6 Å². The highest BCUT2D eigenvalue weighted by atomic mass is 19.1. The van der Waals surface area contributed by atoms with E-state index in [0.717, 1.165) is 0 Å². The Labute approximate surface area is 154 Å². The summed E-state index contributed by atoms with van der Waals surface area (Å²) in [5.74, 6) is -1.31. The van der Waals surface area contributed by atoms with Gasteiger partial charge in [-0.3, -0.25) is 19.7 Å². The minimum Gasteiger partial charge on any atom is -0.442 e. The number of hydrogen-bond donors (Lipinski definition) is 1. The molecule has 0 aliphatic carbocycles. The highest BCUT2D eigenvalue weighted by Gasteiger charge is 2.34. The third kappa shape index (κ3) is 4.14. The van der Waals surface area contributed by atoms with Crippen molar-refractivity contribution < 1.29 is 28.7 Å². The molecule has 0 bridgehead atoms. The summed E-state index contributed by atoms with van der Waals surface area (Å²) in [5.41, 5.74) is 0.554. The Balaban J connectivity index is 1.75. The van der Waals surface area contributed by atoms with Gasteiger partial charge in [0.25, 0.3) is 0 Å². The second-order valence-electron chi connectivity index (χ2n) is 6.13. The second-order valence-corrected chi connectivity index (χ2v) is 6.13. The van der Waals surface area contributed by atoms with E-state index >= 15 is 0 Å². The van der Waals surface area contributed by atoms with Gasteiger partial charge in [-0.15, -0.1) is 0 Å². The maximum atomic E-state index is 14.6. The summed E-state index contributed by atoms with van der Waals surface area (Å²) >= 11 is 0. The largest absolute Gasteiger partial charge is 0.442 e. The fourth-order valence-corrected chi connectivity index (χ4v) is 2.79. The van der Waals surface area contributed by atoms with Gasteiger partial charge < -0.3 is 9.64 Å². The number of hydroxylamine groups is 2. The third-order valence-electron chi connectivity index (χ3n) is 4.17. The molecule has 3 rings (SSSR count). The standard InChI is InChI=1S/C18H18FN3O5/c1-12(23)22(26)11-15-10-21(18(25)27-15)13-4-5-17(16(19)9-13)20-7-2-3-14(24)6-8-20/h2-6,8-9,15,26H,7,10-11H2,1H3/t15-/m0/s1. The van der Waals surface area contributed by atoms with E-state index in [1.54, 1.807) is 17.0 Å². The quantitative estimate of drug-likeness (QED) is 0.638. The first-order valence-corrected chi connectivity index (χ1v) is 8.25. The SMILES string of the molecule is CC(=O)N(O)C[C@@H]1CN(c2ccc(N3C=CC(=O)C=CC3)c(F)c2)C(=O)O1. The first-order chi connectivity index (χ1) is 12.8. The zero-order valence-corrected chi connectivity index (χ0v) is 14.5. The molecule has 0 radical (unpaired) electrons. The van der Waals surface area contributed by atoms with Gasteiger partial charge in [0, 0.05) is 25.7 Å². The molecular weight excluding hydrogens is 357 g/mol. The lowest BCUT2D eigenvalue weighted by molar-refractivity contribution is -0.166. The summed E-state index contributed by atoms with van der Waals surface area (Å²) < 4.78 is 19.7. The Morgan fingerprint density at radius 1 is 1.37 bits per heavy atom. The van der Waals surface area contributed by atoms with Gasteiger partial charge in [0.1, 0.15) is 11.9 Å². The Bertz CT molecular complexity index is 838. The summed E-state index contributed by atoms with van der Waals surface area (Å²) in [4.78, 5) is 37.3. The molecule has 8 nitrogen and oxygen atoms in total. The maximum Gasteiger partial charge on any atom is 0.414 e. The molecular formula is C18H18FN3O5. The van der Waals surface area contributed by atoms with Crippen molar-refractivity contribution in [1.82, 2.24) is 5.06 Å². The summed E-state index contributed by atoms with van der Waals surface area (Å²) in [6, 6.07) is 4.27. The van der Waals surface area contributed by atoms with Gasteiger partial charge in [-0.1, -0.05) is 6.08 Å². The molecule has 27 heavy (non-hydrogen) atoms. The van der Waals surface area contributed by atoms with Gasteiger partial charge in [0.05, 0.1) is 24.5 Å². The normalized spacial score (nSPS) is 19.3. The summed E-state index contributed by atoms with van der Waals surface area (Å²) in [7, 11) is 0. The first kappa shape index (κ1) is 18.6. The molecule has 1 aromatic rings. The predicted octanol–water partition coefficient (Wildman–Crippen LogP) is 1.85. The van der Waals surface area contributed by atoms with Gasteiger partial charge >= 0.3 is 6.09 Å². The van der Waals surface area contributed by atoms with Crippen molar-refractivity contribution in [3.8, 4) is 0 Å². The minimum atomic E-state index is -0.723. The fraction of sp³-hybridized carbons (Fsp3) is 0.278. The van der Waals surface area contributed by atoms with Crippen molar-refractivity contribution in [1.29, 1.82) is 0 Å². The van der Waals surface area contributed by atoms with Crippen LogP contribution < -0.4 is 9.80 Å². The number of nitrogens with zero attached hydrogens (tertiary/aromatic N) is 3. The Hall–Kier alpha value is -3.20. The lowest BCUT2D eigenvalue weighted by Crippen LogP contribution is -2.35. The van der Waals surface area contributed by atoms with Crippen LogP contribution in [0.25, 0.3) is 0 Å². The Morgan fingerprint density at radius 3 is 2.85 bits per heavy atom. The van der Waals surface area contributed by atoms with Crippen LogP contribution in [-0.2, 0) is 14.3 Å². The van der Waals surface area contributed by atoms with E-state index in [1.807, 2.05) is 0 Å². The number of benzene rings is 1. The Morgan fingerprint density at radius 2 is 2.15 bits per heavy atom. The lowest BCUT2D eigenvalue weighted by Gasteiger charge is -2.20. The van der Waals surface area contributed by atoms with Crippen LogP contribution in [0.5, 0.6) is 0 Å². The van der Waals surface area contributed by atoms with Crippen LogP contribution in [0.4, 0.5) is 20.6 Å². The summed E-state index contributed by atoms with van der Waals surface area (Å²) in [6.07, 6.45) is 4.47. The summed E-state index contributed by atoms with van der Waals surface area (Å²) in [6.45, 7) is 1.42. The number of carbonyl (C=O) groups is 3. The van der Waals surface area contributed by atoms with E-state index in [-0.39, 0.29) is 24.6 Å². The van der Waals surface area contributed by atoms with E-state index in [4.69, 9.17) is 4.74 Å². The number of carbonyl (C=O) groups excluding carboxylic acids is 3. The van der Waals surface area contributed by atoms with Gasteiger partial charge in [-0.25, -0.2) is 14.2 Å². The van der Waals surface area contributed by atoms with Crippen molar-refractivity contribution in [3.63, 3.8) is 0 Å². The second kappa shape index (κ2) is 7.58. The predicted molar refractivity (Wildman–Crippen MR) is 93.8 cm³/mol. The molecule has 9 heteroatoms. The maximum absolute atomic E-state index is 14.6. The number of rotatable bonds is 4. The van der Waals surface area contributed by atoms with Crippen molar-refractivity contribution in [2.75, 3.05) is 29.4 Å². The van der Waals surface area contributed by atoms with Gasteiger partial charge in [0.15, 0.2) is 5.78 Å². The van der Waals surface area contributed by atoms with E-state index in [1.165, 1.54) is 42.3 Å². The minimum absolute atomic E-state index is 0.0722. The number of hydrogen-bond acceptors (Lipinski definition) is 6. The average molecular weight is 375 g/mol. The first-order valence-electron chi connectivity index (χ1n) is 8.25. The van der Waals surface area contributed by atoms with Crippen LogP contribution in [0.1, 0.15) is 6.92 Å². The number of cyclic esters (lactones) is 1. The van der Waals surface area contributed by atoms with Crippen molar-refractivity contribution in [3.05, 3.63) is 48.4 Å². The molecule has 2 aliphatic rings. The fourth-order valence-electron chi connectivity index (χ4n) is 2.79. The number of anilines is 2.